The molecule has 0 unspecified atom stereocenters. The minimum absolute atomic E-state index is 0.169. The molecule has 7 heteroatoms. The first kappa shape index (κ1) is 19.2. The van der Waals surface area contributed by atoms with E-state index in [2.05, 4.69) is 5.32 Å². The standard InChI is InChI=1S/C22H16ClNO4S/c1-2-27-22(26)19-16(13-7-9-15(23)10-8-13)12-29-21(19)24-20(25)18-11-14-5-3-4-6-17(14)28-18/h3-12H,2H2,1H3,(H,24,25). The summed E-state index contributed by atoms with van der Waals surface area (Å²) in [5, 5.41) is 6.43. The first-order chi connectivity index (χ1) is 14.1. The molecule has 2 heterocycles. The summed E-state index contributed by atoms with van der Waals surface area (Å²) in [6.07, 6.45) is 0. The van der Waals surface area contributed by atoms with Gasteiger partial charge in [0.05, 0.1) is 6.61 Å². The zero-order chi connectivity index (χ0) is 20.4. The van der Waals surface area contributed by atoms with E-state index >= 15 is 0 Å². The number of hydrogen-bond donors (Lipinski definition) is 1. The fourth-order valence-electron chi connectivity index (χ4n) is 2.96. The van der Waals surface area contributed by atoms with Gasteiger partial charge < -0.3 is 14.5 Å². The Labute approximate surface area is 175 Å². The number of rotatable bonds is 5. The molecular formula is C22H16ClNO4S. The second-order valence-corrected chi connectivity index (χ2v) is 7.50. The Morgan fingerprint density at radius 1 is 1.14 bits per heavy atom. The number of esters is 1. The maximum Gasteiger partial charge on any atom is 0.341 e. The van der Waals surface area contributed by atoms with Gasteiger partial charge in [0, 0.05) is 21.4 Å². The largest absolute Gasteiger partial charge is 0.462 e. The molecule has 2 aromatic heterocycles. The molecular weight excluding hydrogens is 410 g/mol. The minimum atomic E-state index is -0.501. The van der Waals surface area contributed by atoms with E-state index in [4.69, 9.17) is 20.8 Å². The average Bonchev–Trinajstić information content (AvgIpc) is 3.33. The third-order valence-electron chi connectivity index (χ3n) is 4.30. The molecule has 0 aliphatic carbocycles. The van der Waals surface area contributed by atoms with Crippen LogP contribution in [0.25, 0.3) is 22.1 Å². The van der Waals surface area contributed by atoms with E-state index in [9.17, 15) is 9.59 Å². The Morgan fingerprint density at radius 2 is 1.90 bits per heavy atom. The van der Waals surface area contributed by atoms with Crippen LogP contribution in [0.3, 0.4) is 0 Å². The van der Waals surface area contributed by atoms with Crippen molar-refractivity contribution in [2.45, 2.75) is 6.92 Å². The summed E-state index contributed by atoms with van der Waals surface area (Å²) in [7, 11) is 0. The average molecular weight is 426 g/mol. The van der Waals surface area contributed by atoms with Crippen molar-refractivity contribution in [1.82, 2.24) is 0 Å². The lowest BCUT2D eigenvalue weighted by atomic mass is 10.0. The van der Waals surface area contributed by atoms with E-state index in [1.165, 1.54) is 11.3 Å². The summed E-state index contributed by atoms with van der Waals surface area (Å²) in [4.78, 5) is 25.4. The molecule has 1 N–H and O–H groups in total. The number of para-hydroxylation sites is 1. The molecule has 5 nitrogen and oxygen atoms in total. The predicted octanol–water partition coefficient (Wildman–Crippen LogP) is 6.24. The molecule has 0 fully saturated rings. The highest BCUT2D eigenvalue weighted by atomic mass is 35.5. The SMILES string of the molecule is CCOC(=O)c1c(-c2ccc(Cl)cc2)csc1NC(=O)c1cc2ccccc2o1. The smallest absolute Gasteiger partial charge is 0.341 e. The van der Waals surface area contributed by atoms with Gasteiger partial charge >= 0.3 is 5.97 Å². The van der Waals surface area contributed by atoms with Crippen LogP contribution in [-0.2, 0) is 4.74 Å². The van der Waals surface area contributed by atoms with E-state index in [1.807, 2.05) is 35.7 Å². The molecule has 29 heavy (non-hydrogen) atoms. The summed E-state index contributed by atoms with van der Waals surface area (Å²) in [6, 6.07) is 16.2. The number of furan rings is 1. The number of fused-ring (bicyclic) bond motifs is 1. The molecule has 1 amide bonds. The van der Waals surface area contributed by atoms with E-state index in [0.717, 1.165) is 10.9 Å². The van der Waals surface area contributed by atoms with Crippen LogP contribution >= 0.6 is 22.9 Å². The fourth-order valence-corrected chi connectivity index (χ4v) is 4.03. The van der Waals surface area contributed by atoms with Crippen molar-refractivity contribution in [3.63, 3.8) is 0 Å². The fraction of sp³-hybridized carbons (Fsp3) is 0.0909. The number of nitrogens with one attached hydrogen (secondary N) is 1. The van der Waals surface area contributed by atoms with Gasteiger partial charge in [-0.05, 0) is 36.8 Å². The van der Waals surface area contributed by atoms with E-state index in [1.54, 1.807) is 31.2 Å². The van der Waals surface area contributed by atoms with Gasteiger partial charge in [-0.3, -0.25) is 4.79 Å². The molecule has 0 bridgehead atoms. The topological polar surface area (TPSA) is 68.5 Å². The Bertz CT molecular complexity index is 1160. The van der Waals surface area contributed by atoms with Crippen LogP contribution in [0.15, 0.2) is 64.4 Å². The van der Waals surface area contributed by atoms with Crippen LogP contribution in [0.1, 0.15) is 27.8 Å². The number of benzene rings is 2. The molecule has 4 rings (SSSR count). The minimum Gasteiger partial charge on any atom is -0.462 e. The third-order valence-corrected chi connectivity index (χ3v) is 5.45. The molecule has 0 radical (unpaired) electrons. The highest BCUT2D eigenvalue weighted by Crippen LogP contribution is 2.37. The number of halogens is 1. The highest BCUT2D eigenvalue weighted by Gasteiger charge is 2.24. The van der Waals surface area contributed by atoms with Gasteiger partial charge in [0.25, 0.3) is 5.91 Å². The zero-order valence-electron chi connectivity index (χ0n) is 15.4. The number of thiophene rings is 1. The van der Waals surface area contributed by atoms with Crippen molar-refractivity contribution in [2.24, 2.45) is 0 Å². The van der Waals surface area contributed by atoms with E-state index < -0.39 is 11.9 Å². The maximum atomic E-state index is 12.7. The second-order valence-electron chi connectivity index (χ2n) is 6.18. The normalized spacial score (nSPS) is 10.8. The molecule has 0 aliphatic rings. The lowest BCUT2D eigenvalue weighted by Crippen LogP contribution is -2.14. The summed E-state index contributed by atoms with van der Waals surface area (Å²) < 4.78 is 10.8. The molecule has 0 aliphatic heterocycles. The Kier molecular flexibility index (Phi) is 5.38. The summed E-state index contributed by atoms with van der Waals surface area (Å²) in [6.45, 7) is 1.96. The van der Waals surface area contributed by atoms with Gasteiger partial charge in [-0.2, -0.15) is 0 Å². The number of carbonyl (C=O) groups is 2. The molecule has 0 saturated carbocycles. The van der Waals surface area contributed by atoms with Gasteiger partial charge in [0.2, 0.25) is 0 Å². The van der Waals surface area contributed by atoms with Gasteiger partial charge in [-0.25, -0.2) is 4.79 Å². The lowest BCUT2D eigenvalue weighted by molar-refractivity contribution is 0.0529. The van der Waals surface area contributed by atoms with Crippen LogP contribution in [0.2, 0.25) is 5.02 Å². The van der Waals surface area contributed by atoms with Crippen LogP contribution in [0.4, 0.5) is 5.00 Å². The van der Waals surface area contributed by atoms with Crippen molar-refractivity contribution in [1.29, 1.82) is 0 Å². The van der Waals surface area contributed by atoms with Crippen molar-refractivity contribution in [3.8, 4) is 11.1 Å². The zero-order valence-corrected chi connectivity index (χ0v) is 17.0. The highest BCUT2D eigenvalue weighted by molar-refractivity contribution is 7.15. The monoisotopic (exact) mass is 425 g/mol. The van der Waals surface area contributed by atoms with Crippen LogP contribution in [0.5, 0.6) is 0 Å². The molecule has 146 valence electrons. The van der Waals surface area contributed by atoms with Crippen molar-refractivity contribution in [2.75, 3.05) is 11.9 Å². The number of carbonyl (C=O) groups excluding carboxylic acids is 2. The number of hydrogen-bond acceptors (Lipinski definition) is 5. The lowest BCUT2D eigenvalue weighted by Gasteiger charge is -2.08. The van der Waals surface area contributed by atoms with Gasteiger partial charge in [-0.1, -0.05) is 41.9 Å². The van der Waals surface area contributed by atoms with Gasteiger partial charge in [-0.15, -0.1) is 11.3 Å². The Balaban J connectivity index is 1.69. The van der Waals surface area contributed by atoms with Crippen LogP contribution < -0.4 is 5.32 Å². The van der Waals surface area contributed by atoms with Gasteiger partial charge in [0.1, 0.15) is 16.1 Å². The van der Waals surface area contributed by atoms with Gasteiger partial charge in [0.15, 0.2) is 5.76 Å². The van der Waals surface area contributed by atoms with Crippen LogP contribution in [-0.4, -0.2) is 18.5 Å². The second kappa shape index (κ2) is 8.11. The van der Waals surface area contributed by atoms with E-state index in [-0.39, 0.29) is 12.4 Å². The Morgan fingerprint density at radius 3 is 2.62 bits per heavy atom. The first-order valence-electron chi connectivity index (χ1n) is 8.91. The number of ether oxygens (including phenoxy) is 1. The first-order valence-corrected chi connectivity index (χ1v) is 10.2. The number of anilines is 1. The maximum absolute atomic E-state index is 12.7. The van der Waals surface area contributed by atoms with Crippen molar-refractivity contribution >= 4 is 50.8 Å². The summed E-state index contributed by atoms with van der Waals surface area (Å²) in [5.74, 6) is -0.766. The molecule has 0 spiro atoms. The predicted molar refractivity (Wildman–Crippen MR) is 115 cm³/mol. The Hall–Kier alpha value is -3.09. The van der Waals surface area contributed by atoms with Crippen molar-refractivity contribution < 1.29 is 18.7 Å². The molecule has 0 atom stereocenters. The molecule has 2 aromatic carbocycles. The van der Waals surface area contributed by atoms with E-state index in [0.29, 0.717) is 26.7 Å². The van der Waals surface area contributed by atoms with Crippen molar-refractivity contribution in [3.05, 3.63) is 76.3 Å². The summed E-state index contributed by atoms with van der Waals surface area (Å²) in [5.41, 5.74) is 2.41. The summed E-state index contributed by atoms with van der Waals surface area (Å²) >= 11 is 7.22. The van der Waals surface area contributed by atoms with Crippen LogP contribution in [0, 0.1) is 0 Å². The molecule has 4 aromatic rings. The molecule has 0 saturated heterocycles. The quantitative estimate of drug-likeness (QED) is 0.384. The third kappa shape index (κ3) is 3.90. The number of amides is 1.